The minimum absolute atomic E-state index is 0.267. The number of aliphatic imine (C=N–C) groups is 1. The molecule has 2 aromatic carbocycles. The number of hydrogen-bond donors (Lipinski definition) is 2. The first-order chi connectivity index (χ1) is 14.2. The molecule has 1 heterocycles. The van der Waals surface area contributed by atoms with Crippen LogP contribution in [-0.2, 0) is 11.3 Å². The molecule has 1 saturated heterocycles. The highest BCUT2D eigenvalue weighted by Gasteiger charge is 2.32. The van der Waals surface area contributed by atoms with Crippen molar-refractivity contribution in [2.24, 2.45) is 10.9 Å². The summed E-state index contributed by atoms with van der Waals surface area (Å²) in [6.45, 7) is 5.18. The normalized spacial score (nSPS) is 20.4. The van der Waals surface area contributed by atoms with Crippen molar-refractivity contribution in [3.63, 3.8) is 0 Å². The molecular weight excluding hydrogens is 360 g/mol. The predicted molar refractivity (Wildman–Crippen MR) is 119 cm³/mol. The number of benzene rings is 2. The van der Waals surface area contributed by atoms with Gasteiger partial charge in [-0.1, -0.05) is 49.2 Å². The van der Waals surface area contributed by atoms with Crippen molar-refractivity contribution in [1.82, 2.24) is 15.5 Å². The first-order valence-electron chi connectivity index (χ1n) is 11.0. The first kappa shape index (κ1) is 19.7. The Morgan fingerprint density at radius 3 is 2.69 bits per heavy atom. The molecule has 0 spiro atoms. The van der Waals surface area contributed by atoms with Gasteiger partial charge in [0.1, 0.15) is 0 Å². The van der Waals surface area contributed by atoms with Crippen LogP contribution in [0.25, 0.3) is 10.8 Å². The molecule has 1 aliphatic carbocycles. The van der Waals surface area contributed by atoms with Crippen LogP contribution in [0.4, 0.5) is 0 Å². The van der Waals surface area contributed by atoms with Gasteiger partial charge < -0.3 is 15.5 Å². The molecule has 2 aliphatic rings. The third-order valence-corrected chi connectivity index (χ3v) is 6.12. The minimum atomic E-state index is 0.267. The highest BCUT2D eigenvalue weighted by atomic mass is 16.2. The number of carbonyl (C=O) groups excluding carboxylic acids is 1. The highest BCUT2D eigenvalue weighted by Crippen LogP contribution is 2.27. The van der Waals surface area contributed by atoms with E-state index in [1.54, 1.807) is 0 Å². The fourth-order valence-corrected chi connectivity index (χ4v) is 4.53. The maximum Gasteiger partial charge on any atom is 0.225 e. The molecule has 4 rings (SSSR count). The van der Waals surface area contributed by atoms with E-state index in [9.17, 15) is 4.79 Å². The van der Waals surface area contributed by atoms with Gasteiger partial charge in [-0.3, -0.25) is 4.79 Å². The fourth-order valence-electron chi connectivity index (χ4n) is 4.53. The molecule has 1 saturated carbocycles. The summed E-state index contributed by atoms with van der Waals surface area (Å²) in [6.07, 6.45) is 5.54. The third kappa shape index (κ3) is 4.89. The Hall–Kier alpha value is -2.56. The second-order valence-electron chi connectivity index (χ2n) is 8.27. The molecule has 2 N–H and O–H groups in total. The quantitative estimate of drug-likeness (QED) is 0.603. The molecule has 0 aromatic heterocycles. The van der Waals surface area contributed by atoms with Gasteiger partial charge in [-0.25, -0.2) is 4.99 Å². The van der Waals surface area contributed by atoms with Gasteiger partial charge in [0.05, 0.1) is 6.54 Å². The Balaban J connectivity index is 1.36. The van der Waals surface area contributed by atoms with Gasteiger partial charge in [-0.15, -0.1) is 0 Å². The average Bonchev–Trinajstić information content (AvgIpc) is 3.44. The van der Waals surface area contributed by atoms with Gasteiger partial charge in [0.15, 0.2) is 5.96 Å². The number of amides is 1. The Morgan fingerprint density at radius 2 is 1.90 bits per heavy atom. The van der Waals surface area contributed by atoms with Crippen LogP contribution >= 0.6 is 0 Å². The lowest BCUT2D eigenvalue weighted by molar-refractivity contribution is -0.134. The molecule has 29 heavy (non-hydrogen) atoms. The molecule has 1 unspecified atom stereocenters. The molecule has 0 radical (unpaired) electrons. The Kier molecular flexibility index (Phi) is 6.33. The van der Waals surface area contributed by atoms with Crippen molar-refractivity contribution in [3.05, 3.63) is 48.0 Å². The number of nitrogens with zero attached hydrogens (tertiary/aromatic N) is 2. The number of likely N-dealkylation sites (tertiary alicyclic amines) is 1. The minimum Gasteiger partial charge on any atom is -0.357 e. The zero-order chi connectivity index (χ0) is 20.1. The van der Waals surface area contributed by atoms with E-state index in [1.807, 2.05) is 0 Å². The van der Waals surface area contributed by atoms with Crippen LogP contribution in [0.15, 0.2) is 47.5 Å². The van der Waals surface area contributed by atoms with E-state index in [0.29, 0.717) is 12.5 Å². The summed E-state index contributed by atoms with van der Waals surface area (Å²) < 4.78 is 0. The van der Waals surface area contributed by atoms with Gasteiger partial charge >= 0.3 is 0 Å². The van der Waals surface area contributed by atoms with Crippen LogP contribution in [0.3, 0.4) is 0 Å². The van der Waals surface area contributed by atoms with Crippen LogP contribution in [0, 0.1) is 5.92 Å². The molecule has 5 heteroatoms. The van der Waals surface area contributed by atoms with E-state index in [4.69, 9.17) is 4.99 Å². The van der Waals surface area contributed by atoms with E-state index in [1.165, 1.54) is 29.2 Å². The predicted octanol–water partition coefficient (Wildman–Crippen LogP) is 3.69. The van der Waals surface area contributed by atoms with Gasteiger partial charge in [0.25, 0.3) is 0 Å². The Morgan fingerprint density at radius 1 is 1.10 bits per heavy atom. The van der Waals surface area contributed by atoms with Crippen LogP contribution in [0.1, 0.15) is 44.6 Å². The molecule has 1 atom stereocenters. The van der Waals surface area contributed by atoms with Crippen molar-refractivity contribution in [2.45, 2.75) is 51.6 Å². The van der Waals surface area contributed by atoms with Crippen molar-refractivity contribution < 1.29 is 4.79 Å². The standard InChI is InChI=1S/C24H32N4O/c1-2-25-24(26-16-18-11-12-19-7-3-6-10-21(19)15-18)27-22-13-14-28(17-22)23(29)20-8-4-5-9-20/h3,6-7,10-12,15,20,22H,2,4-5,8-9,13-14,16-17H2,1H3,(H2,25,26,27). The van der Waals surface area contributed by atoms with Gasteiger partial charge in [0.2, 0.25) is 5.91 Å². The van der Waals surface area contributed by atoms with Crippen LogP contribution in [-0.4, -0.2) is 42.4 Å². The number of guanidine groups is 1. The van der Waals surface area contributed by atoms with Gasteiger partial charge in [-0.05, 0) is 48.6 Å². The molecule has 2 aromatic rings. The summed E-state index contributed by atoms with van der Waals surface area (Å²) in [7, 11) is 0. The second kappa shape index (κ2) is 9.29. The van der Waals surface area contributed by atoms with Crippen molar-refractivity contribution >= 4 is 22.6 Å². The zero-order valence-electron chi connectivity index (χ0n) is 17.4. The number of hydrogen-bond acceptors (Lipinski definition) is 2. The molecule has 1 amide bonds. The molecule has 0 bridgehead atoms. The lowest BCUT2D eigenvalue weighted by Crippen LogP contribution is -2.45. The van der Waals surface area contributed by atoms with E-state index in [2.05, 4.69) is 64.9 Å². The Bertz CT molecular complexity index is 872. The third-order valence-electron chi connectivity index (χ3n) is 6.12. The summed E-state index contributed by atoms with van der Waals surface area (Å²) in [5.41, 5.74) is 1.20. The largest absolute Gasteiger partial charge is 0.357 e. The lowest BCUT2D eigenvalue weighted by Gasteiger charge is -2.21. The summed E-state index contributed by atoms with van der Waals surface area (Å²) in [4.78, 5) is 19.5. The van der Waals surface area contributed by atoms with E-state index in [0.717, 1.165) is 44.9 Å². The molecule has 5 nitrogen and oxygen atoms in total. The number of nitrogens with one attached hydrogen (secondary N) is 2. The van der Waals surface area contributed by atoms with Crippen LogP contribution < -0.4 is 10.6 Å². The number of rotatable bonds is 5. The summed E-state index contributed by atoms with van der Waals surface area (Å²) in [5, 5.41) is 9.39. The maximum atomic E-state index is 12.7. The lowest BCUT2D eigenvalue weighted by atomic mass is 10.1. The first-order valence-corrected chi connectivity index (χ1v) is 11.0. The SMILES string of the molecule is CCNC(=NCc1ccc2ccccc2c1)NC1CCN(C(=O)C2CCCC2)C1. The summed E-state index contributed by atoms with van der Waals surface area (Å²) >= 11 is 0. The molecule has 2 fully saturated rings. The molecule has 1 aliphatic heterocycles. The van der Waals surface area contributed by atoms with Crippen molar-refractivity contribution in [1.29, 1.82) is 0 Å². The van der Waals surface area contributed by atoms with Crippen molar-refractivity contribution in [3.8, 4) is 0 Å². The van der Waals surface area contributed by atoms with E-state index >= 15 is 0 Å². The Labute approximate surface area is 173 Å². The maximum absolute atomic E-state index is 12.7. The molecule has 154 valence electrons. The fraction of sp³-hybridized carbons (Fsp3) is 0.500. The highest BCUT2D eigenvalue weighted by molar-refractivity contribution is 5.83. The number of fused-ring (bicyclic) bond motifs is 1. The van der Waals surface area contributed by atoms with Crippen molar-refractivity contribution in [2.75, 3.05) is 19.6 Å². The monoisotopic (exact) mass is 392 g/mol. The second-order valence-corrected chi connectivity index (χ2v) is 8.27. The smallest absolute Gasteiger partial charge is 0.225 e. The zero-order valence-corrected chi connectivity index (χ0v) is 17.4. The van der Waals surface area contributed by atoms with Crippen LogP contribution in [0.5, 0.6) is 0 Å². The van der Waals surface area contributed by atoms with E-state index < -0.39 is 0 Å². The summed E-state index contributed by atoms with van der Waals surface area (Å²) in [5.74, 6) is 1.47. The van der Waals surface area contributed by atoms with Gasteiger partial charge in [-0.2, -0.15) is 0 Å². The van der Waals surface area contributed by atoms with E-state index in [-0.39, 0.29) is 12.0 Å². The molecular formula is C24H32N4O. The van der Waals surface area contributed by atoms with Gasteiger partial charge in [0, 0.05) is 31.6 Å². The topological polar surface area (TPSA) is 56.7 Å². The van der Waals surface area contributed by atoms with Crippen LogP contribution in [0.2, 0.25) is 0 Å². The summed E-state index contributed by atoms with van der Waals surface area (Å²) in [6, 6.07) is 15.2. The average molecular weight is 393 g/mol. The number of carbonyl (C=O) groups is 1.